The lowest BCUT2D eigenvalue weighted by molar-refractivity contribution is 0.773. The summed E-state index contributed by atoms with van der Waals surface area (Å²) >= 11 is 0. The van der Waals surface area contributed by atoms with Crippen LogP contribution in [0.3, 0.4) is 0 Å². The molecule has 80 valence electrons. The van der Waals surface area contributed by atoms with Gasteiger partial charge in [-0.3, -0.25) is 0 Å². The molecule has 0 aromatic carbocycles. The second kappa shape index (κ2) is 5.55. The molecule has 0 fully saturated rings. The second-order valence-electron chi connectivity index (χ2n) is 3.90. The van der Waals surface area contributed by atoms with Gasteiger partial charge in [0, 0.05) is 0 Å². The van der Waals surface area contributed by atoms with Crippen LogP contribution < -0.4 is 0 Å². The molecule has 1 aliphatic carbocycles. The maximum atomic E-state index is 4.11. The van der Waals surface area contributed by atoms with Crippen molar-refractivity contribution in [2.24, 2.45) is 0 Å². The molecule has 1 aliphatic rings. The van der Waals surface area contributed by atoms with E-state index in [4.69, 9.17) is 0 Å². The van der Waals surface area contributed by atoms with Gasteiger partial charge in [0.15, 0.2) is 0 Å². The molecule has 1 rings (SSSR count). The number of hydrogen-bond acceptors (Lipinski definition) is 0. The zero-order chi connectivity index (χ0) is 11.3. The highest BCUT2D eigenvalue weighted by Crippen LogP contribution is 2.32. The highest BCUT2D eigenvalue weighted by Gasteiger charge is 2.13. The van der Waals surface area contributed by atoms with Crippen molar-refractivity contribution < 1.29 is 0 Å². The van der Waals surface area contributed by atoms with Crippen molar-refractivity contribution in [2.75, 3.05) is 0 Å². The standard InChI is InChI=1S/C15H20/c1-5-7-10-14(6-2)15-11-8-9-12(3)13(15)4/h5-7,10H,1,3,8-9,11H2,2,4H3/b10-7-,14-6+. The minimum Gasteiger partial charge on any atom is -0.0991 e. The molecule has 0 bridgehead atoms. The Morgan fingerprint density at radius 3 is 2.67 bits per heavy atom. The third kappa shape index (κ3) is 2.82. The first kappa shape index (κ1) is 11.8. The van der Waals surface area contributed by atoms with Gasteiger partial charge in [-0.25, -0.2) is 0 Å². The topological polar surface area (TPSA) is 0 Å². The summed E-state index contributed by atoms with van der Waals surface area (Å²) in [6.07, 6.45) is 11.7. The van der Waals surface area contributed by atoms with E-state index in [9.17, 15) is 0 Å². The van der Waals surface area contributed by atoms with Crippen LogP contribution >= 0.6 is 0 Å². The summed E-state index contributed by atoms with van der Waals surface area (Å²) < 4.78 is 0. The van der Waals surface area contributed by atoms with Crippen LogP contribution in [0, 0.1) is 0 Å². The average molecular weight is 200 g/mol. The Morgan fingerprint density at radius 2 is 2.07 bits per heavy atom. The minimum absolute atomic E-state index is 1.15. The fourth-order valence-electron chi connectivity index (χ4n) is 1.97. The summed E-state index contributed by atoms with van der Waals surface area (Å²) in [6.45, 7) is 12.1. The summed E-state index contributed by atoms with van der Waals surface area (Å²) in [5, 5.41) is 0. The van der Waals surface area contributed by atoms with Gasteiger partial charge in [-0.15, -0.1) is 0 Å². The molecule has 0 heteroatoms. The van der Waals surface area contributed by atoms with Gasteiger partial charge in [0.1, 0.15) is 0 Å². The van der Waals surface area contributed by atoms with Gasteiger partial charge >= 0.3 is 0 Å². The first-order valence-electron chi connectivity index (χ1n) is 5.54. The molecule has 15 heavy (non-hydrogen) atoms. The van der Waals surface area contributed by atoms with Gasteiger partial charge in [-0.2, -0.15) is 0 Å². The van der Waals surface area contributed by atoms with Crippen LogP contribution in [0.4, 0.5) is 0 Å². The third-order valence-corrected chi connectivity index (χ3v) is 2.96. The lowest BCUT2D eigenvalue weighted by atomic mass is 9.85. The van der Waals surface area contributed by atoms with E-state index in [1.165, 1.54) is 35.1 Å². The summed E-state index contributed by atoms with van der Waals surface area (Å²) in [5.74, 6) is 0. The van der Waals surface area contributed by atoms with E-state index < -0.39 is 0 Å². The summed E-state index contributed by atoms with van der Waals surface area (Å²) in [6, 6.07) is 0. The molecular weight excluding hydrogens is 180 g/mol. The van der Waals surface area contributed by atoms with Crippen molar-refractivity contribution in [3.8, 4) is 0 Å². The third-order valence-electron chi connectivity index (χ3n) is 2.96. The SMILES string of the molecule is C=C/C=C\C(=C/C)C1=C(C)C(=C)CCC1. The minimum atomic E-state index is 1.15. The highest BCUT2D eigenvalue weighted by molar-refractivity contribution is 5.49. The molecule has 0 unspecified atom stereocenters. The van der Waals surface area contributed by atoms with E-state index in [1.54, 1.807) is 0 Å². The Hall–Kier alpha value is -1.30. The van der Waals surface area contributed by atoms with Crippen molar-refractivity contribution in [1.29, 1.82) is 0 Å². The second-order valence-corrected chi connectivity index (χ2v) is 3.90. The van der Waals surface area contributed by atoms with Crippen molar-refractivity contribution in [3.05, 3.63) is 59.8 Å². The molecule has 0 aliphatic heterocycles. The van der Waals surface area contributed by atoms with Gasteiger partial charge in [0.05, 0.1) is 0 Å². The van der Waals surface area contributed by atoms with Crippen molar-refractivity contribution in [1.82, 2.24) is 0 Å². The Balaban J connectivity index is 3.03. The summed E-state index contributed by atoms with van der Waals surface area (Å²) in [4.78, 5) is 0. The Labute approximate surface area is 93.4 Å². The quantitative estimate of drug-likeness (QED) is 0.578. The monoisotopic (exact) mass is 200 g/mol. The molecule has 0 aromatic heterocycles. The van der Waals surface area contributed by atoms with Crippen LogP contribution in [0.2, 0.25) is 0 Å². The summed E-state index contributed by atoms with van der Waals surface area (Å²) in [5.41, 5.74) is 5.44. The molecule has 0 atom stereocenters. The van der Waals surface area contributed by atoms with Crippen LogP contribution in [0.5, 0.6) is 0 Å². The smallest absolute Gasteiger partial charge is 0.0265 e. The van der Waals surface area contributed by atoms with Crippen molar-refractivity contribution >= 4 is 0 Å². The molecule has 0 radical (unpaired) electrons. The predicted octanol–water partition coefficient (Wildman–Crippen LogP) is 4.73. The average Bonchev–Trinajstić information content (AvgIpc) is 2.25. The molecule has 0 nitrogen and oxygen atoms in total. The van der Waals surface area contributed by atoms with E-state index >= 15 is 0 Å². The zero-order valence-electron chi connectivity index (χ0n) is 9.84. The van der Waals surface area contributed by atoms with Crippen LogP contribution in [0.1, 0.15) is 33.1 Å². The van der Waals surface area contributed by atoms with Crippen molar-refractivity contribution in [3.63, 3.8) is 0 Å². The van der Waals surface area contributed by atoms with Gasteiger partial charge < -0.3 is 0 Å². The lowest BCUT2D eigenvalue weighted by Crippen LogP contribution is -2.01. The van der Waals surface area contributed by atoms with Crippen molar-refractivity contribution in [2.45, 2.75) is 33.1 Å². The largest absolute Gasteiger partial charge is 0.0991 e. The van der Waals surface area contributed by atoms with Gasteiger partial charge in [-0.1, -0.05) is 43.0 Å². The number of hydrogen-bond donors (Lipinski definition) is 0. The maximum absolute atomic E-state index is 4.11. The molecule has 0 saturated heterocycles. The first-order chi connectivity index (χ1) is 7.20. The van der Waals surface area contributed by atoms with Crippen LogP contribution in [-0.4, -0.2) is 0 Å². The van der Waals surface area contributed by atoms with E-state index in [0.717, 1.165) is 6.42 Å². The van der Waals surface area contributed by atoms with E-state index in [1.807, 2.05) is 12.2 Å². The van der Waals surface area contributed by atoms with Crippen LogP contribution in [0.25, 0.3) is 0 Å². The Kier molecular flexibility index (Phi) is 4.36. The molecule has 0 saturated carbocycles. The molecule has 0 N–H and O–H groups in total. The Morgan fingerprint density at radius 1 is 1.33 bits per heavy atom. The highest BCUT2D eigenvalue weighted by atomic mass is 14.2. The lowest BCUT2D eigenvalue weighted by Gasteiger charge is -2.20. The fraction of sp³-hybridized carbons (Fsp3) is 0.333. The van der Waals surface area contributed by atoms with Gasteiger partial charge in [-0.05, 0) is 49.8 Å². The maximum Gasteiger partial charge on any atom is -0.0265 e. The fourth-order valence-corrected chi connectivity index (χ4v) is 1.97. The zero-order valence-corrected chi connectivity index (χ0v) is 9.84. The summed E-state index contributed by atoms with van der Waals surface area (Å²) in [7, 11) is 0. The molecular formula is C15H20. The van der Waals surface area contributed by atoms with E-state index in [2.05, 4.69) is 39.2 Å². The molecule has 0 heterocycles. The molecule has 0 aromatic rings. The van der Waals surface area contributed by atoms with Crippen LogP contribution in [-0.2, 0) is 0 Å². The molecule has 0 spiro atoms. The van der Waals surface area contributed by atoms with E-state index in [-0.39, 0.29) is 0 Å². The Bertz CT molecular complexity index is 348. The predicted molar refractivity (Wildman–Crippen MR) is 68.8 cm³/mol. The molecule has 0 amide bonds. The normalized spacial score (nSPS) is 18.8. The number of allylic oxidation sites excluding steroid dienone is 8. The van der Waals surface area contributed by atoms with Crippen LogP contribution in [0.15, 0.2) is 59.8 Å². The van der Waals surface area contributed by atoms with E-state index in [0.29, 0.717) is 0 Å². The van der Waals surface area contributed by atoms with Gasteiger partial charge in [0.25, 0.3) is 0 Å². The first-order valence-corrected chi connectivity index (χ1v) is 5.54. The van der Waals surface area contributed by atoms with Gasteiger partial charge in [0.2, 0.25) is 0 Å². The number of rotatable bonds is 3.